The zero-order valence-electron chi connectivity index (χ0n) is 6.99. The van der Waals surface area contributed by atoms with E-state index < -0.39 is 0 Å². The van der Waals surface area contributed by atoms with E-state index in [0.717, 1.165) is 13.0 Å². The van der Waals surface area contributed by atoms with Crippen LogP contribution in [0.2, 0.25) is 0 Å². The van der Waals surface area contributed by atoms with Crippen molar-refractivity contribution in [2.75, 3.05) is 19.0 Å². The molecule has 13 heavy (non-hydrogen) atoms. The van der Waals surface area contributed by atoms with Crippen LogP contribution in [0.25, 0.3) is 0 Å². The molecule has 0 aromatic carbocycles. The molecule has 0 aliphatic carbocycles. The number of amides is 2. The van der Waals surface area contributed by atoms with Gasteiger partial charge in [0.05, 0.1) is 0 Å². The summed E-state index contributed by atoms with van der Waals surface area (Å²) in [4.78, 5) is 17.1. The van der Waals surface area contributed by atoms with E-state index in [4.69, 9.17) is 0 Å². The lowest BCUT2D eigenvalue weighted by Gasteiger charge is -2.27. The summed E-state index contributed by atoms with van der Waals surface area (Å²) in [5.74, 6) is 1.13. The SMILES string of the molecule is O=C1NCCCN1C1=NCSN=[C]1. The van der Waals surface area contributed by atoms with Crippen LogP contribution >= 0.6 is 11.9 Å². The Morgan fingerprint density at radius 3 is 3.23 bits per heavy atom. The van der Waals surface area contributed by atoms with Crippen molar-refractivity contribution in [2.45, 2.75) is 6.42 Å². The summed E-state index contributed by atoms with van der Waals surface area (Å²) in [6, 6.07) is -0.0976. The van der Waals surface area contributed by atoms with Gasteiger partial charge in [-0.15, -0.1) is 0 Å². The second-order valence-electron chi connectivity index (χ2n) is 2.68. The fourth-order valence-electron chi connectivity index (χ4n) is 1.20. The van der Waals surface area contributed by atoms with E-state index in [9.17, 15) is 4.79 Å². The minimum atomic E-state index is -0.0976. The van der Waals surface area contributed by atoms with Gasteiger partial charge >= 0.3 is 6.03 Å². The molecule has 0 saturated carbocycles. The summed E-state index contributed by atoms with van der Waals surface area (Å²) in [6.07, 6.45) is 3.67. The molecule has 0 atom stereocenters. The molecule has 0 unspecified atom stereocenters. The first-order chi connectivity index (χ1) is 6.38. The zero-order chi connectivity index (χ0) is 9.10. The first-order valence-corrected chi connectivity index (χ1v) is 5.00. The minimum Gasteiger partial charge on any atom is -0.338 e. The molecule has 1 N–H and O–H groups in total. The molecule has 0 spiro atoms. The number of amidine groups is 1. The number of urea groups is 1. The largest absolute Gasteiger partial charge is 0.338 e. The van der Waals surface area contributed by atoms with Crippen LogP contribution in [0.15, 0.2) is 9.39 Å². The van der Waals surface area contributed by atoms with Gasteiger partial charge in [0.1, 0.15) is 12.1 Å². The number of hydrogen-bond acceptors (Lipinski definition) is 4. The molecule has 2 heterocycles. The minimum absolute atomic E-state index is 0.0976. The smallest absolute Gasteiger partial charge is 0.323 e. The van der Waals surface area contributed by atoms with Crippen molar-refractivity contribution >= 4 is 30.0 Å². The first-order valence-electron chi connectivity index (χ1n) is 4.06. The third-order valence-corrected chi connectivity index (χ3v) is 2.28. The van der Waals surface area contributed by atoms with Crippen LogP contribution < -0.4 is 5.32 Å². The molecule has 1 fully saturated rings. The lowest BCUT2D eigenvalue weighted by molar-refractivity contribution is 0.213. The van der Waals surface area contributed by atoms with Crippen LogP contribution in [-0.4, -0.2) is 41.9 Å². The molecule has 2 aliphatic heterocycles. The number of hydrogen-bond donors (Lipinski definition) is 1. The Morgan fingerprint density at radius 2 is 2.54 bits per heavy atom. The van der Waals surface area contributed by atoms with Crippen LogP contribution in [0.3, 0.4) is 0 Å². The Hall–Kier alpha value is -1.04. The molecule has 2 amide bonds. The maximum Gasteiger partial charge on any atom is 0.323 e. The highest BCUT2D eigenvalue weighted by Crippen LogP contribution is 2.09. The molecule has 0 aromatic heterocycles. The Kier molecular flexibility index (Phi) is 2.49. The van der Waals surface area contributed by atoms with E-state index in [1.165, 1.54) is 11.9 Å². The first kappa shape index (κ1) is 8.55. The van der Waals surface area contributed by atoms with Gasteiger partial charge in [-0.05, 0) is 18.4 Å². The quantitative estimate of drug-likeness (QED) is 0.570. The highest BCUT2D eigenvalue weighted by molar-refractivity contribution is 7.98. The number of nitrogens with one attached hydrogen (secondary N) is 1. The summed E-state index contributed by atoms with van der Waals surface area (Å²) in [6.45, 7) is 1.45. The molecular weight excluding hydrogens is 188 g/mol. The predicted molar refractivity (Wildman–Crippen MR) is 52.0 cm³/mol. The van der Waals surface area contributed by atoms with Crippen molar-refractivity contribution in [3.63, 3.8) is 0 Å². The molecule has 0 aromatic rings. The van der Waals surface area contributed by atoms with Crippen LogP contribution in [0.4, 0.5) is 4.79 Å². The van der Waals surface area contributed by atoms with Crippen LogP contribution in [0, 0.1) is 0 Å². The van der Waals surface area contributed by atoms with Crippen LogP contribution in [0.1, 0.15) is 6.42 Å². The molecule has 5 nitrogen and oxygen atoms in total. The lowest BCUT2D eigenvalue weighted by atomic mass is 10.3. The van der Waals surface area contributed by atoms with Crippen LogP contribution in [0.5, 0.6) is 0 Å². The van der Waals surface area contributed by atoms with Gasteiger partial charge in [0.25, 0.3) is 0 Å². The molecule has 6 heteroatoms. The van der Waals surface area contributed by atoms with E-state index >= 15 is 0 Å². The van der Waals surface area contributed by atoms with Gasteiger partial charge in [-0.25, -0.2) is 9.19 Å². The maximum atomic E-state index is 11.3. The van der Waals surface area contributed by atoms with Crippen molar-refractivity contribution in [1.29, 1.82) is 0 Å². The average Bonchev–Trinajstić information content (AvgIpc) is 2.20. The summed E-state index contributed by atoms with van der Waals surface area (Å²) < 4.78 is 3.88. The van der Waals surface area contributed by atoms with Crippen molar-refractivity contribution < 1.29 is 4.79 Å². The standard InChI is InChI=1S/C7H9N4OS/c12-7-8-2-1-3-11(7)6-4-10-13-5-9-6/h1-3,5H2,(H,8,12). The normalized spacial score (nSPS) is 22.6. The summed E-state index contributed by atoms with van der Waals surface area (Å²) in [5, 5.41) is 2.75. The zero-order valence-corrected chi connectivity index (χ0v) is 7.80. The molecular formula is C7H9N4OS. The highest BCUT2D eigenvalue weighted by Gasteiger charge is 2.22. The predicted octanol–water partition coefficient (Wildman–Crippen LogP) is 0.367. The fraction of sp³-hybridized carbons (Fsp3) is 0.571. The van der Waals surface area contributed by atoms with E-state index in [0.29, 0.717) is 18.3 Å². The Bertz CT molecular complexity index is 276. The second-order valence-corrected chi connectivity index (χ2v) is 3.38. The van der Waals surface area contributed by atoms with E-state index in [1.807, 2.05) is 0 Å². The van der Waals surface area contributed by atoms with Crippen molar-refractivity contribution in [2.24, 2.45) is 9.39 Å². The Morgan fingerprint density at radius 1 is 1.62 bits per heavy atom. The van der Waals surface area contributed by atoms with Gasteiger partial charge in [-0.1, -0.05) is 0 Å². The molecule has 0 bridgehead atoms. The summed E-state index contributed by atoms with van der Waals surface area (Å²) in [5.41, 5.74) is 0. The number of carbonyl (C=O) groups is 1. The molecule has 69 valence electrons. The number of aliphatic imine (C=N–C) groups is 1. The third-order valence-electron chi connectivity index (χ3n) is 1.82. The Labute approximate surface area is 80.4 Å². The van der Waals surface area contributed by atoms with Gasteiger partial charge in [0.15, 0.2) is 5.84 Å². The van der Waals surface area contributed by atoms with Gasteiger partial charge in [0, 0.05) is 13.1 Å². The number of carbonyl (C=O) groups excluding carboxylic acids is 1. The molecule has 2 aliphatic rings. The maximum absolute atomic E-state index is 11.3. The Balaban J connectivity index is 2.09. The van der Waals surface area contributed by atoms with E-state index in [1.54, 1.807) is 4.90 Å². The van der Waals surface area contributed by atoms with Gasteiger partial charge in [-0.3, -0.25) is 9.89 Å². The summed E-state index contributed by atoms with van der Waals surface area (Å²) >= 11 is 1.33. The highest BCUT2D eigenvalue weighted by atomic mass is 32.2. The second kappa shape index (κ2) is 3.78. The van der Waals surface area contributed by atoms with Crippen LogP contribution in [-0.2, 0) is 0 Å². The van der Waals surface area contributed by atoms with Gasteiger partial charge in [-0.2, -0.15) is 0 Å². The topological polar surface area (TPSA) is 57.1 Å². The summed E-state index contributed by atoms with van der Waals surface area (Å²) in [7, 11) is 0. The molecule has 2 rings (SSSR count). The van der Waals surface area contributed by atoms with E-state index in [2.05, 4.69) is 20.9 Å². The van der Waals surface area contributed by atoms with Crippen molar-refractivity contribution in [1.82, 2.24) is 10.2 Å². The average molecular weight is 197 g/mol. The van der Waals surface area contributed by atoms with Gasteiger partial charge in [0.2, 0.25) is 0 Å². The molecule has 1 saturated heterocycles. The van der Waals surface area contributed by atoms with Gasteiger partial charge < -0.3 is 5.32 Å². The molecule has 1 radical (unpaired) electrons. The number of nitrogens with zero attached hydrogens (tertiary/aromatic N) is 3. The third kappa shape index (κ3) is 1.82. The van der Waals surface area contributed by atoms with Crippen molar-refractivity contribution in [3.8, 4) is 0 Å². The lowest BCUT2D eigenvalue weighted by Crippen LogP contribution is -2.50. The fourth-order valence-corrected chi connectivity index (χ4v) is 1.59. The monoisotopic (exact) mass is 197 g/mol. The van der Waals surface area contributed by atoms with E-state index in [-0.39, 0.29) is 6.03 Å². The van der Waals surface area contributed by atoms with Crippen molar-refractivity contribution in [3.05, 3.63) is 0 Å². The number of rotatable bonds is 0.